The molecule has 1 aliphatic rings. The zero-order valence-corrected chi connectivity index (χ0v) is 26.7. The fourth-order valence-electron chi connectivity index (χ4n) is 7.94. The normalized spacial score (nSPS) is 13.4. The van der Waals surface area contributed by atoms with E-state index in [2.05, 4.69) is 152 Å². The molecule has 0 amide bonds. The van der Waals surface area contributed by atoms with Crippen molar-refractivity contribution < 1.29 is 8.83 Å². The van der Waals surface area contributed by atoms with Gasteiger partial charge in [0.05, 0.1) is 11.4 Å². The van der Waals surface area contributed by atoms with Crippen LogP contribution in [-0.2, 0) is 5.41 Å². The summed E-state index contributed by atoms with van der Waals surface area (Å²) in [7, 11) is 0. The van der Waals surface area contributed by atoms with Crippen LogP contribution < -0.4 is 4.90 Å². The molecule has 0 N–H and O–H groups in total. The van der Waals surface area contributed by atoms with Gasteiger partial charge in [-0.15, -0.1) is 0 Å². The lowest BCUT2D eigenvalue weighted by atomic mass is 9.81. The highest BCUT2D eigenvalue weighted by Crippen LogP contribution is 2.54. The minimum Gasteiger partial charge on any atom is -0.456 e. The van der Waals surface area contributed by atoms with Gasteiger partial charge in [-0.2, -0.15) is 0 Å². The molecule has 0 bridgehead atoms. The number of fused-ring (bicyclic) bond motifs is 9. The molecule has 9 aromatic rings. The quantitative estimate of drug-likeness (QED) is 0.197. The fourth-order valence-corrected chi connectivity index (χ4v) is 7.94. The Morgan fingerprint density at radius 1 is 0.438 bits per heavy atom. The Morgan fingerprint density at radius 2 is 1.10 bits per heavy atom. The van der Waals surface area contributed by atoms with Crippen molar-refractivity contribution in [2.75, 3.05) is 4.90 Å². The first-order chi connectivity index (χ1) is 23.6. The van der Waals surface area contributed by atoms with Gasteiger partial charge in [0.2, 0.25) is 0 Å². The summed E-state index contributed by atoms with van der Waals surface area (Å²) in [6.45, 7) is 4.69. The van der Waals surface area contributed by atoms with Gasteiger partial charge in [0.15, 0.2) is 5.58 Å². The van der Waals surface area contributed by atoms with Crippen LogP contribution in [0.3, 0.4) is 0 Å². The van der Waals surface area contributed by atoms with E-state index < -0.39 is 0 Å². The van der Waals surface area contributed by atoms with Crippen LogP contribution in [0.2, 0.25) is 0 Å². The molecule has 0 unspecified atom stereocenters. The Kier molecular flexibility index (Phi) is 5.63. The lowest BCUT2D eigenvalue weighted by Crippen LogP contribution is -2.17. The standard InChI is InChI=1S/C45H31NO2/c1-45(2)37-19-9-6-15-30(37)35-26-34(28-23-24-43-36(25-28)32-17-8-10-21-41(32)47-43)40(27-38(35)45)46(29-13-4-3-5-14-29)39-20-12-18-33-31-16-7-11-22-42(31)48-44(33)39/h3-27H,1-2H3. The van der Waals surface area contributed by atoms with E-state index in [0.29, 0.717) is 0 Å². The third-order valence-electron chi connectivity index (χ3n) is 10.3. The second kappa shape index (κ2) is 9.97. The molecule has 10 rings (SSSR count). The summed E-state index contributed by atoms with van der Waals surface area (Å²) in [6.07, 6.45) is 0. The van der Waals surface area contributed by atoms with Crippen LogP contribution in [0.25, 0.3) is 66.1 Å². The predicted octanol–water partition coefficient (Wildman–Crippen LogP) is 12.9. The first kappa shape index (κ1) is 27.1. The summed E-state index contributed by atoms with van der Waals surface area (Å²) < 4.78 is 12.9. The van der Waals surface area contributed by atoms with E-state index in [9.17, 15) is 0 Å². The molecule has 0 saturated carbocycles. The molecule has 228 valence electrons. The molecule has 7 aromatic carbocycles. The van der Waals surface area contributed by atoms with Gasteiger partial charge in [-0.25, -0.2) is 0 Å². The first-order valence-corrected chi connectivity index (χ1v) is 16.5. The molecule has 2 aromatic heterocycles. The molecule has 0 radical (unpaired) electrons. The zero-order valence-electron chi connectivity index (χ0n) is 26.7. The number of benzene rings is 7. The third-order valence-corrected chi connectivity index (χ3v) is 10.3. The molecular formula is C45H31NO2. The van der Waals surface area contributed by atoms with Crippen LogP contribution in [0, 0.1) is 0 Å². The lowest BCUT2D eigenvalue weighted by molar-refractivity contribution is 0.660. The van der Waals surface area contributed by atoms with Crippen LogP contribution in [0.4, 0.5) is 17.1 Å². The van der Waals surface area contributed by atoms with Crippen LogP contribution >= 0.6 is 0 Å². The summed E-state index contributed by atoms with van der Waals surface area (Å²) in [4.78, 5) is 2.39. The number of anilines is 3. The zero-order chi connectivity index (χ0) is 32.0. The minimum absolute atomic E-state index is 0.169. The van der Waals surface area contributed by atoms with Gasteiger partial charge in [-0.1, -0.05) is 111 Å². The molecule has 48 heavy (non-hydrogen) atoms. The maximum atomic E-state index is 6.68. The summed E-state index contributed by atoms with van der Waals surface area (Å²) in [5.41, 5.74) is 14.1. The van der Waals surface area contributed by atoms with E-state index in [-0.39, 0.29) is 5.41 Å². The molecule has 0 fully saturated rings. The van der Waals surface area contributed by atoms with Crippen LogP contribution in [0.5, 0.6) is 0 Å². The maximum absolute atomic E-state index is 6.68. The van der Waals surface area contributed by atoms with Crippen molar-refractivity contribution >= 4 is 60.9 Å². The number of furan rings is 2. The van der Waals surface area contributed by atoms with E-state index in [4.69, 9.17) is 8.83 Å². The van der Waals surface area contributed by atoms with Gasteiger partial charge < -0.3 is 13.7 Å². The van der Waals surface area contributed by atoms with Crippen LogP contribution in [-0.4, -0.2) is 0 Å². The Hall–Kier alpha value is -6.06. The van der Waals surface area contributed by atoms with Crippen molar-refractivity contribution in [3.8, 4) is 22.3 Å². The Balaban J connectivity index is 1.32. The van der Waals surface area contributed by atoms with E-state index in [1.807, 2.05) is 18.2 Å². The van der Waals surface area contributed by atoms with E-state index in [1.165, 1.54) is 22.3 Å². The SMILES string of the molecule is CC1(C)c2ccccc2-c2cc(-c3ccc4oc5ccccc5c4c3)c(N(c3ccccc3)c3cccc4c3oc3ccccc34)cc21. The molecule has 1 aliphatic carbocycles. The highest BCUT2D eigenvalue weighted by atomic mass is 16.3. The highest BCUT2D eigenvalue weighted by molar-refractivity contribution is 6.11. The highest BCUT2D eigenvalue weighted by Gasteiger charge is 2.37. The summed E-state index contributed by atoms with van der Waals surface area (Å²) in [5.74, 6) is 0. The van der Waals surface area contributed by atoms with Gasteiger partial charge in [0.1, 0.15) is 16.7 Å². The van der Waals surface area contributed by atoms with Gasteiger partial charge in [0.25, 0.3) is 0 Å². The molecule has 0 atom stereocenters. The van der Waals surface area contributed by atoms with Crippen molar-refractivity contribution in [3.05, 3.63) is 163 Å². The fraction of sp³-hybridized carbons (Fsp3) is 0.0667. The van der Waals surface area contributed by atoms with E-state index in [0.717, 1.165) is 72.1 Å². The predicted molar refractivity (Wildman–Crippen MR) is 199 cm³/mol. The van der Waals surface area contributed by atoms with Crippen molar-refractivity contribution in [1.82, 2.24) is 0 Å². The van der Waals surface area contributed by atoms with Crippen LogP contribution in [0.15, 0.2) is 160 Å². The van der Waals surface area contributed by atoms with Crippen molar-refractivity contribution in [2.24, 2.45) is 0 Å². The second-order valence-electron chi connectivity index (χ2n) is 13.3. The smallest absolute Gasteiger partial charge is 0.159 e. The monoisotopic (exact) mass is 617 g/mol. The van der Waals surface area contributed by atoms with Crippen molar-refractivity contribution in [1.29, 1.82) is 0 Å². The van der Waals surface area contributed by atoms with Gasteiger partial charge in [0, 0.05) is 38.2 Å². The molecule has 3 heteroatoms. The number of nitrogens with zero attached hydrogens (tertiary/aromatic N) is 1. The second-order valence-corrected chi connectivity index (χ2v) is 13.3. The van der Waals surface area contributed by atoms with E-state index in [1.54, 1.807) is 0 Å². The topological polar surface area (TPSA) is 29.5 Å². The molecule has 2 heterocycles. The van der Waals surface area contributed by atoms with Gasteiger partial charge in [-0.05, 0) is 82.4 Å². The maximum Gasteiger partial charge on any atom is 0.159 e. The Bertz CT molecular complexity index is 2710. The van der Waals surface area contributed by atoms with Gasteiger partial charge >= 0.3 is 0 Å². The molecule has 0 aliphatic heterocycles. The first-order valence-electron chi connectivity index (χ1n) is 16.5. The number of hydrogen-bond donors (Lipinski definition) is 0. The molecule has 0 spiro atoms. The average Bonchev–Trinajstić information content (AvgIpc) is 3.77. The number of rotatable bonds is 4. The number of para-hydroxylation sites is 4. The van der Waals surface area contributed by atoms with Crippen molar-refractivity contribution in [2.45, 2.75) is 19.3 Å². The lowest BCUT2D eigenvalue weighted by Gasteiger charge is -2.30. The molecule has 0 saturated heterocycles. The third kappa shape index (κ3) is 3.82. The summed E-state index contributed by atoms with van der Waals surface area (Å²) in [5, 5.41) is 4.45. The molecular weight excluding hydrogens is 587 g/mol. The Morgan fingerprint density at radius 3 is 1.94 bits per heavy atom. The average molecular weight is 618 g/mol. The Labute approximate surface area is 278 Å². The number of hydrogen-bond acceptors (Lipinski definition) is 3. The van der Waals surface area contributed by atoms with Crippen molar-refractivity contribution in [3.63, 3.8) is 0 Å². The largest absolute Gasteiger partial charge is 0.456 e. The molecule has 3 nitrogen and oxygen atoms in total. The summed E-state index contributed by atoms with van der Waals surface area (Å²) >= 11 is 0. The summed E-state index contributed by atoms with van der Waals surface area (Å²) in [6, 6.07) is 54.1. The van der Waals surface area contributed by atoms with E-state index >= 15 is 0 Å². The minimum atomic E-state index is -0.169. The van der Waals surface area contributed by atoms with Crippen LogP contribution in [0.1, 0.15) is 25.0 Å². The van der Waals surface area contributed by atoms with Gasteiger partial charge in [-0.3, -0.25) is 0 Å².